The summed E-state index contributed by atoms with van der Waals surface area (Å²) in [6, 6.07) is 1.59. The summed E-state index contributed by atoms with van der Waals surface area (Å²) in [4.78, 5) is 22.3. The summed E-state index contributed by atoms with van der Waals surface area (Å²) in [5, 5.41) is 13.6. The summed E-state index contributed by atoms with van der Waals surface area (Å²) in [6.07, 6.45) is 2.68. The van der Waals surface area contributed by atoms with Gasteiger partial charge < -0.3 is 10.7 Å². The molecule has 0 heterocycles. The van der Waals surface area contributed by atoms with Gasteiger partial charge in [-0.05, 0) is 19.4 Å². The number of nitrogens with one attached hydrogen (secondary N) is 2. The molecule has 0 aliphatic carbocycles. The van der Waals surface area contributed by atoms with Crippen molar-refractivity contribution in [2.75, 3.05) is 5.43 Å². The number of hydrogen-bond acceptors (Lipinski definition) is 5. The number of nitrogens with zero attached hydrogens (tertiary/aromatic N) is 1. The Labute approximate surface area is 121 Å². The summed E-state index contributed by atoms with van der Waals surface area (Å²) in [5.41, 5.74) is 1.08. The predicted octanol–water partition coefficient (Wildman–Crippen LogP) is 2.33. The molecule has 4 N–H and O–H groups in total. The highest BCUT2D eigenvalue weighted by atomic mass is 19.1. The zero-order valence-electron chi connectivity index (χ0n) is 12.0. The van der Waals surface area contributed by atoms with Gasteiger partial charge in [0.25, 0.3) is 11.6 Å². The molecule has 0 saturated heterocycles. The van der Waals surface area contributed by atoms with Gasteiger partial charge >= 0.3 is 0 Å². The lowest BCUT2D eigenvalue weighted by Gasteiger charge is -2.14. The number of hydrogen-bond donors (Lipinski definition) is 3. The van der Waals surface area contributed by atoms with Gasteiger partial charge in [0.15, 0.2) is 5.82 Å². The van der Waals surface area contributed by atoms with Crippen LogP contribution in [0.2, 0.25) is 0 Å². The fourth-order valence-corrected chi connectivity index (χ4v) is 1.89. The molecule has 0 spiro atoms. The standard InChI is InChI=1S/C13H19FN4O3/c1-3-4-5-8(2)16-13(19)9-6-11(17-15)10(14)7-12(9)18(20)21/h6-8,17H,3-5,15H2,1-2H3,(H,16,19). The molecular weight excluding hydrogens is 279 g/mol. The van der Waals surface area contributed by atoms with Crippen molar-refractivity contribution in [3.05, 3.63) is 33.6 Å². The number of rotatable bonds is 7. The van der Waals surface area contributed by atoms with Crippen molar-refractivity contribution in [2.24, 2.45) is 5.84 Å². The monoisotopic (exact) mass is 298 g/mol. The van der Waals surface area contributed by atoms with Crippen molar-refractivity contribution in [1.29, 1.82) is 0 Å². The molecule has 0 aromatic heterocycles. The van der Waals surface area contributed by atoms with Crippen molar-refractivity contribution in [3.63, 3.8) is 0 Å². The first-order chi connectivity index (χ1) is 9.90. The third kappa shape index (κ3) is 4.38. The Kier molecular flexibility index (Phi) is 6.04. The summed E-state index contributed by atoms with van der Waals surface area (Å²) >= 11 is 0. The summed E-state index contributed by atoms with van der Waals surface area (Å²) in [7, 11) is 0. The SMILES string of the molecule is CCCCC(C)NC(=O)c1cc(NN)c(F)cc1[N+](=O)[O-]. The second-order valence-electron chi connectivity index (χ2n) is 4.77. The van der Waals surface area contributed by atoms with E-state index in [0.717, 1.165) is 25.3 Å². The first-order valence-electron chi connectivity index (χ1n) is 6.66. The second-order valence-corrected chi connectivity index (χ2v) is 4.77. The summed E-state index contributed by atoms with van der Waals surface area (Å²) in [5.74, 6) is 3.61. The van der Waals surface area contributed by atoms with E-state index in [4.69, 9.17) is 5.84 Å². The Hall–Kier alpha value is -2.22. The van der Waals surface area contributed by atoms with Crippen molar-refractivity contribution in [3.8, 4) is 0 Å². The van der Waals surface area contributed by atoms with Crippen LogP contribution in [0.5, 0.6) is 0 Å². The lowest BCUT2D eigenvalue weighted by atomic mass is 10.1. The maximum Gasteiger partial charge on any atom is 0.285 e. The van der Waals surface area contributed by atoms with Crippen molar-refractivity contribution in [1.82, 2.24) is 5.32 Å². The minimum Gasteiger partial charge on any atom is -0.349 e. The molecule has 1 aromatic rings. The molecular formula is C13H19FN4O3. The van der Waals surface area contributed by atoms with E-state index >= 15 is 0 Å². The highest BCUT2D eigenvalue weighted by Crippen LogP contribution is 2.25. The lowest BCUT2D eigenvalue weighted by Crippen LogP contribution is -2.33. The van der Waals surface area contributed by atoms with Gasteiger partial charge in [-0.15, -0.1) is 0 Å². The number of nitro benzene ring substituents is 1. The van der Waals surface area contributed by atoms with Crippen molar-refractivity contribution < 1.29 is 14.1 Å². The lowest BCUT2D eigenvalue weighted by molar-refractivity contribution is -0.385. The molecule has 0 fully saturated rings. The fraction of sp³-hybridized carbons (Fsp3) is 0.462. The average Bonchev–Trinajstić information content (AvgIpc) is 2.44. The smallest absolute Gasteiger partial charge is 0.285 e. The average molecular weight is 298 g/mol. The number of carbonyl (C=O) groups is 1. The highest BCUT2D eigenvalue weighted by Gasteiger charge is 2.24. The molecule has 0 aliphatic heterocycles. The third-order valence-electron chi connectivity index (χ3n) is 3.05. The summed E-state index contributed by atoms with van der Waals surface area (Å²) in [6.45, 7) is 3.84. The molecule has 0 saturated carbocycles. The first kappa shape index (κ1) is 16.8. The number of unbranched alkanes of at least 4 members (excludes halogenated alkanes) is 1. The van der Waals surface area contributed by atoms with Crippen LogP contribution in [0, 0.1) is 15.9 Å². The van der Waals surface area contributed by atoms with Crippen LogP contribution in [0.25, 0.3) is 0 Å². The van der Waals surface area contributed by atoms with Crippen molar-refractivity contribution >= 4 is 17.3 Å². The Balaban J connectivity index is 3.04. The number of nitrogens with two attached hydrogens (primary N) is 1. The number of benzene rings is 1. The van der Waals surface area contributed by atoms with Gasteiger partial charge in [-0.3, -0.25) is 20.8 Å². The van der Waals surface area contributed by atoms with Gasteiger partial charge in [0.2, 0.25) is 0 Å². The molecule has 0 bridgehead atoms. The van der Waals surface area contributed by atoms with E-state index in [0.29, 0.717) is 6.07 Å². The Bertz CT molecular complexity index is 536. The molecule has 0 radical (unpaired) electrons. The number of carbonyl (C=O) groups excluding carboxylic acids is 1. The molecule has 1 unspecified atom stereocenters. The molecule has 0 aliphatic rings. The molecule has 1 atom stereocenters. The zero-order valence-corrected chi connectivity index (χ0v) is 12.0. The Morgan fingerprint density at radius 1 is 1.52 bits per heavy atom. The van der Waals surface area contributed by atoms with Gasteiger partial charge in [-0.25, -0.2) is 4.39 Å². The highest BCUT2D eigenvalue weighted by molar-refractivity contribution is 5.99. The number of nitrogen functional groups attached to an aromatic ring is 1. The topological polar surface area (TPSA) is 110 Å². The van der Waals surface area contributed by atoms with E-state index in [-0.39, 0.29) is 17.3 Å². The van der Waals surface area contributed by atoms with E-state index < -0.39 is 22.3 Å². The fourth-order valence-electron chi connectivity index (χ4n) is 1.89. The van der Waals surface area contributed by atoms with Crippen LogP contribution < -0.4 is 16.6 Å². The van der Waals surface area contributed by atoms with Gasteiger partial charge in [0, 0.05) is 6.04 Å². The number of hydrazine groups is 1. The minimum atomic E-state index is -0.889. The number of nitro groups is 1. The zero-order chi connectivity index (χ0) is 16.0. The van der Waals surface area contributed by atoms with E-state index in [9.17, 15) is 19.3 Å². The second kappa shape index (κ2) is 7.53. The van der Waals surface area contributed by atoms with Gasteiger partial charge in [-0.2, -0.15) is 0 Å². The molecule has 21 heavy (non-hydrogen) atoms. The van der Waals surface area contributed by atoms with Crippen molar-refractivity contribution in [2.45, 2.75) is 39.2 Å². The quantitative estimate of drug-likeness (QED) is 0.406. The van der Waals surface area contributed by atoms with E-state index in [2.05, 4.69) is 10.7 Å². The Morgan fingerprint density at radius 2 is 2.19 bits per heavy atom. The van der Waals surface area contributed by atoms with Crippen LogP contribution in [0.1, 0.15) is 43.5 Å². The normalized spacial score (nSPS) is 11.8. The van der Waals surface area contributed by atoms with Crippen LogP contribution in [-0.2, 0) is 0 Å². The predicted molar refractivity (Wildman–Crippen MR) is 77.3 cm³/mol. The maximum absolute atomic E-state index is 13.5. The largest absolute Gasteiger partial charge is 0.349 e. The van der Waals surface area contributed by atoms with E-state index in [1.807, 2.05) is 13.8 Å². The molecule has 1 rings (SSSR count). The molecule has 1 amide bonds. The van der Waals surface area contributed by atoms with Crippen LogP contribution in [0.15, 0.2) is 12.1 Å². The van der Waals surface area contributed by atoms with Crippen LogP contribution >= 0.6 is 0 Å². The third-order valence-corrected chi connectivity index (χ3v) is 3.05. The summed E-state index contributed by atoms with van der Waals surface area (Å²) < 4.78 is 13.5. The van der Waals surface area contributed by atoms with Crippen LogP contribution in [0.3, 0.4) is 0 Å². The number of halogens is 1. The molecule has 7 nitrogen and oxygen atoms in total. The van der Waals surface area contributed by atoms with E-state index in [1.165, 1.54) is 0 Å². The maximum atomic E-state index is 13.5. The van der Waals surface area contributed by atoms with Crippen LogP contribution in [-0.4, -0.2) is 16.9 Å². The molecule has 116 valence electrons. The van der Waals surface area contributed by atoms with Gasteiger partial charge in [0.05, 0.1) is 16.7 Å². The van der Waals surface area contributed by atoms with E-state index in [1.54, 1.807) is 0 Å². The Morgan fingerprint density at radius 3 is 2.71 bits per heavy atom. The van der Waals surface area contributed by atoms with Gasteiger partial charge in [-0.1, -0.05) is 19.8 Å². The molecule has 1 aromatic carbocycles. The number of amides is 1. The minimum absolute atomic E-state index is 0.128. The number of anilines is 1. The van der Waals surface area contributed by atoms with Crippen LogP contribution in [0.4, 0.5) is 15.8 Å². The molecule has 8 heteroatoms. The first-order valence-corrected chi connectivity index (χ1v) is 6.66. The van der Waals surface area contributed by atoms with Gasteiger partial charge in [0.1, 0.15) is 5.56 Å².